The molecule has 1 amide bonds. The fraction of sp³-hybridized carbons (Fsp3) is 0.366. The lowest BCUT2D eigenvalue weighted by molar-refractivity contribution is -0.159. The van der Waals surface area contributed by atoms with Gasteiger partial charge in [0.1, 0.15) is 0 Å². The van der Waals surface area contributed by atoms with Crippen LogP contribution in [0.15, 0.2) is 109 Å². The average molecular weight is 717 g/mol. The van der Waals surface area contributed by atoms with E-state index in [0.29, 0.717) is 29.5 Å². The Morgan fingerprint density at radius 2 is 1.45 bits per heavy atom. The van der Waals surface area contributed by atoms with Gasteiger partial charge in [-0.15, -0.1) is 0 Å². The minimum atomic E-state index is -2.92. The molecule has 258 valence electrons. The number of rotatable bonds is 11. The van der Waals surface area contributed by atoms with Crippen LogP contribution in [0.1, 0.15) is 70.5 Å². The van der Waals surface area contributed by atoms with Crippen LogP contribution < -0.4 is 10.4 Å². The lowest BCUT2D eigenvalue weighted by Crippen LogP contribution is -2.67. The van der Waals surface area contributed by atoms with E-state index in [9.17, 15) is 9.59 Å². The summed E-state index contributed by atoms with van der Waals surface area (Å²) in [5, 5.41) is 3.36. The van der Waals surface area contributed by atoms with Gasteiger partial charge in [-0.05, 0) is 63.6 Å². The molecule has 1 fully saturated rings. The van der Waals surface area contributed by atoms with Crippen LogP contribution in [-0.2, 0) is 18.8 Å². The van der Waals surface area contributed by atoms with E-state index in [0.717, 1.165) is 11.1 Å². The first-order valence-electron chi connectivity index (χ1n) is 17.1. The Morgan fingerprint density at radius 3 is 1.96 bits per heavy atom. The van der Waals surface area contributed by atoms with Crippen molar-refractivity contribution < 1.29 is 18.8 Å². The number of amides is 1. The second-order valence-electron chi connectivity index (χ2n) is 14.1. The summed E-state index contributed by atoms with van der Waals surface area (Å²) in [6.45, 7) is 11.0. The SMILES string of the molecule is CC[C@@H](CO[Si](c1ccccc1)(c1ccccc1)C(C)(C)C)N1C(=O)[C@H](C(C)C(=O)OC)C[C@H](c2cccc(Cl)c2)[C@H]1c1ccc(Cl)cc1. The molecule has 0 aliphatic carbocycles. The first-order chi connectivity index (χ1) is 23.4. The number of carbonyl (C=O) groups is 2. The van der Waals surface area contributed by atoms with Crippen molar-refractivity contribution in [1.82, 2.24) is 4.90 Å². The van der Waals surface area contributed by atoms with Gasteiger partial charge in [0, 0.05) is 16.0 Å². The van der Waals surface area contributed by atoms with Gasteiger partial charge in [-0.25, -0.2) is 0 Å². The summed E-state index contributed by atoms with van der Waals surface area (Å²) in [6.07, 6.45) is 1.11. The fourth-order valence-electron chi connectivity index (χ4n) is 7.69. The second kappa shape index (κ2) is 15.6. The van der Waals surface area contributed by atoms with Crippen molar-refractivity contribution in [2.75, 3.05) is 13.7 Å². The Labute approximate surface area is 302 Å². The van der Waals surface area contributed by atoms with Crippen LogP contribution in [0.4, 0.5) is 0 Å². The van der Waals surface area contributed by atoms with E-state index in [4.69, 9.17) is 32.4 Å². The van der Waals surface area contributed by atoms with Crippen LogP contribution in [0.2, 0.25) is 15.1 Å². The molecule has 1 aliphatic rings. The number of carbonyl (C=O) groups excluding carboxylic acids is 2. The van der Waals surface area contributed by atoms with Crippen LogP contribution in [0.25, 0.3) is 0 Å². The number of hydrogen-bond acceptors (Lipinski definition) is 4. The maximum absolute atomic E-state index is 15.0. The number of hydrogen-bond donors (Lipinski definition) is 0. The van der Waals surface area contributed by atoms with Gasteiger partial charge in [-0.3, -0.25) is 9.59 Å². The van der Waals surface area contributed by atoms with Crippen molar-refractivity contribution in [3.8, 4) is 0 Å². The monoisotopic (exact) mass is 715 g/mol. The number of ether oxygens (including phenoxy) is 1. The van der Waals surface area contributed by atoms with E-state index in [1.54, 1.807) is 6.92 Å². The second-order valence-corrected chi connectivity index (χ2v) is 19.3. The Balaban J connectivity index is 1.67. The molecule has 0 N–H and O–H groups in total. The highest BCUT2D eigenvalue weighted by Gasteiger charge is 2.52. The maximum Gasteiger partial charge on any atom is 0.309 e. The van der Waals surface area contributed by atoms with E-state index in [1.165, 1.54) is 17.5 Å². The molecule has 0 radical (unpaired) electrons. The van der Waals surface area contributed by atoms with E-state index in [2.05, 4.69) is 82.3 Å². The van der Waals surface area contributed by atoms with E-state index in [-0.39, 0.29) is 28.9 Å². The van der Waals surface area contributed by atoms with Gasteiger partial charge >= 0.3 is 5.97 Å². The van der Waals surface area contributed by atoms with Gasteiger partial charge in [0.25, 0.3) is 8.32 Å². The summed E-state index contributed by atoms with van der Waals surface area (Å²) in [4.78, 5) is 30.0. The van der Waals surface area contributed by atoms with Crippen LogP contribution >= 0.6 is 23.2 Å². The molecule has 0 aromatic heterocycles. The van der Waals surface area contributed by atoms with Crippen LogP contribution in [-0.4, -0.2) is 44.9 Å². The Hall–Kier alpha value is -3.42. The standard InChI is InChI=1S/C41H47Cl2NO4Si/c1-7-33(27-48-49(41(3,4)5,34-17-10-8-11-18-34)35-19-12-9-13-20-35)44-38(29-21-23-31(42)24-22-29)37(30-15-14-16-32(43)25-30)26-36(39(44)45)28(2)40(46)47-6/h8-25,28,33,36-38H,7,26-27H2,1-6H3/t28?,33-,36-,37+,38+/m0/s1. The smallest absolute Gasteiger partial charge is 0.309 e. The van der Waals surface area contributed by atoms with Gasteiger partial charge < -0.3 is 14.1 Å². The maximum atomic E-state index is 15.0. The summed E-state index contributed by atoms with van der Waals surface area (Å²) in [5.41, 5.74) is 1.98. The van der Waals surface area contributed by atoms with E-state index >= 15 is 0 Å². The molecule has 1 aliphatic heterocycles. The quantitative estimate of drug-likeness (QED) is 0.115. The van der Waals surface area contributed by atoms with Gasteiger partial charge in [0.15, 0.2) is 0 Å². The Morgan fingerprint density at radius 1 is 0.857 bits per heavy atom. The van der Waals surface area contributed by atoms with E-state index in [1.807, 2.05) is 59.5 Å². The molecule has 4 aromatic rings. The van der Waals surface area contributed by atoms with Crippen LogP contribution in [0, 0.1) is 11.8 Å². The zero-order chi connectivity index (χ0) is 35.3. The third kappa shape index (κ3) is 7.53. The topological polar surface area (TPSA) is 55.8 Å². The van der Waals surface area contributed by atoms with Gasteiger partial charge in [0.2, 0.25) is 5.91 Å². The molecule has 0 spiro atoms. The summed E-state index contributed by atoms with van der Waals surface area (Å²) in [5.74, 6) is -1.86. The van der Waals surface area contributed by atoms with Crippen molar-refractivity contribution >= 4 is 53.8 Å². The lowest BCUT2D eigenvalue weighted by atomic mass is 9.71. The van der Waals surface area contributed by atoms with E-state index < -0.39 is 26.1 Å². The number of piperidine rings is 1. The molecular weight excluding hydrogens is 669 g/mol. The number of likely N-dealkylation sites (tertiary alicyclic amines) is 1. The van der Waals surface area contributed by atoms with Crippen molar-refractivity contribution in [2.45, 2.75) is 70.5 Å². The molecule has 8 heteroatoms. The zero-order valence-corrected chi connectivity index (χ0v) is 31.7. The summed E-state index contributed by atoms with van der Waals surface area (Å²) in [6, 6.07) is 36.0. The number of esters is 1. The average Bonchev–Trinajstić information content (AvgIpc) is 3.10. The number of halogens is 2. The molecular formula is C41H47Cl2NO4Si. The predicted molar refractivity (Wildman–Crippen MR) is 202 cm³/mol. The minimum absolute atomic E-state index is 0.0750. The zero-order valence-electron chi connectivity index (χ0n) is 29.2. The third-order valence-electron chi connectivity index (χ3n) is 10.2. The molecule has 0 bridgehead atoms. The van der Waals surface area contributed by atoms with Crippen molar-refractivity contribution in [2.24, 2.45) is 11.8 Å². The Kier molecular flexibility index (Phi) is 11.8. The highest BCUT2D eigenvalue weighted by molar-refractivity contribution is 6.99. The lowest BCUT2D eigenvalue weighted by Gasteiger charge is -2.50. The first kappa shape index (κ1) is 36.8. The molecule has 0 saturated carbocycles. The fourth-order valence-corrected chi connectivity index (χ4v) is 12.6. The molecule has 5 nitrogen and oxygen atoms in total. The number of methoxy groups -OCH3 is 1. The molecule has 1 unspecified atom stereocenters. The normalized spacial score (nSPS) is 19.7. The molecule has 5 rings (SSSR count). The summed E-state index contributed by atoms with van der Waals surface area (Å²) >= 11 is 13.0. The van der Waals surface area contributed by atoms with Gasteiger partial charge in [-0.1, -0.05) is 143 Å². The molecule has 1 saturated heterocycles. The largest absolute Gasteiger partial charge is 0.469 e. The summed E-state index contributed by atoms with van der Waals surface area (Å²) < 4.78 is 12.6. The molecule has 49 heavy (non-hydrogen) atoms. The van der Waals surface area contributed by atoms with Crippen molar-refractivity contribution in [3.05, 3.63) is 130 Å². The van der Waals surface area contributed by atoms with Crippen molar-refractivity contribution in [3.63, 3.8) is 0 Å². The van der Waals surface area contributed by atoms with Gasteiger partial charge in [-0.2, -0.15) is 0 Å². The van der Waals surface area contributed by atoms with Gasteiger partial charge in [0.05, 0.1) is 37.6 Å². The molecule has 4 aromatic carbocycles. The Bertz CT molecular complexity index is 1670. The predicted octanol–water partition coefficient (Wildman–Crippen LogP) is 8.83. The summed E-state index contributed by atoms with van der Waals surface area (Å²) in [7, 11) is -1.54. The highest BCUT2D eigenvalue weighted by Crippen LogP contribution is 2.49. The van der Waals surface area contributed by atoms with Crippen molar-refractivity contribution in [1.29, 1.82) is 0 Å². The van der Waals surface area contributed by atoms with Crippen LogP contribution in [0.3, 0.4) is 0 Å². The minimum Gasteiger partial charge on any atom is -0.469 e. The highest BCUT2D eigenvalue weighted by atomic mass is 35.5. The number of nitrogens with zero attached hydrogens (tertiary/aromatic N) is 1. The third-order valence-corrected chi connectivity index (χ3v) is 15.7. The molecule has 5 atom stereocenters. The molecule has 1 heterocycles. The van der Waals surface area contributed by atoms with Crippen LogP contribution in [0.5, 0.6) is 0 Å². The number of benzene rings is 4. The first-order valence-corrected chi connectivity index (χ1v) is 19.7.